The first-order chi connectivity index (χ1) is 12.4. The van der Waals surface area contributed by atoms with Gasteiger partial charge in [0.1, 0.15) is 10.1 Å². The van der Waals surface area contributed by atoms with Crippen molar-refractivity contribution >= 4 is 10.1 Å². The van der Waals surface area contributed by atoms with Gasteiger partial charge in [0.15, 0.2) is 4.93 Å². The minimum absolute atomic E-state index is 0. The summed E-state index contributed by atoms with van der Waals surface area (Å²) >= 11 is 0. The predicted octanol–water partition coefficient (Wildman–Crippen LogP) is 3.29. The second-order valence-electron chi connectivity index (χ2n) is 7.85. The fourth-order valence-corrected chi connectivity index (χ4v) is 4.23. The van der Waals surface area contributed by atoms with E-state index in [1.165, 1.54) is 51.4 Å². The molecule has 0 rings (SSSR count). The van der Waals surface area contributed by atoms with Crippen LogP contribution in [0.5, 0.6) is 0 Å². The van der Waals surface area contributed by atoms with Gasteiger partial charge in [0.05, 0.1) is 0 Å². The van der Waals surface area contributed by atoms with Crippen molar-refractivity contribution in [1.82, 2.24) is 0 Å². The smallest absolute Gasteiger partial charge is 0.746 e. The van der Waals surface area contributed by atoms with Crippen LogP contribution in [0.2, 0.25) is 0 Å². The average Bonchev–Trinajstić information content (AvgIpc) is 2.58. The third-order valence-corrected chi connectivity index (χ3v) is 6.65. The number of hydrogen-bond donors (Lipinski definition) is 1. The van der Waals surface area contributed by atoms with Crippen molar-refractivity contribution in [2.24, 2.45) is 0 Å². The standard InChI is InChI=1S/C21H44O4S.K/c1-3-5-7-9-11-12-14-16-18-20-21(22,26(23,24)25)19-17-15-13-10-8-6-4-2;/h22H,3-20H2,1-2H3,(H,23,24,25);/q;+1/p-1. The first-order valence-electron chi connectivity index (χ1n) is 11.0. The second kappa shape index (κ2) is 19.5. The maximum Gasteiger partial charge on any atom is 1.00 e. The predicted molar refractivity (Wildman–Crippen MR) is 109 cm³/mol. The quantitative estimate of drug-likeness (QED) is 0.194. The van der Waals surface area contributed by atoms with E-state index < -0.39 is 15.1 Å². The average molecular weight is 431 g/mol. The molecule has 0 aliphatic rings. The van der Waals surface area contributed by atoms with Crippen molar-refractivity contribution in [2.75, 3.05) is 0 Å². The minimum Gasteiger partial charge on any atom is -0.746 e. The Bertz CT molecular complexity index is 414. The molecule has 0 aromatic rings. The van der Waals surface area contributed by atoms with Crippen molar-refractivity contribution in [3.05, 3.63) is 0 Å². The van der Waals surface area contributed by atoms with Crippen LogP contribution >= 0.6 is 0 Å². The molecule has 0 amide bonds. The number of unbranched alkanes of at least 4 members (excludes halogenated alkanes) is 14. The van der Waals surface area contributed by atoms with Gasteiger partial charge in [-0.15, -0.1) is 0 Å². The van der Waals surface area contributed by atoms with E-state index >= 15 is 0 Å². The fourth-order valence-electron chi connectivity index (χ4n) is 3.45. The molecule has 0 aliphatic heterocycles. The summed E-state index contributed by atoms with van der Waals surface area (Å²) in [5, 5.41) is 10.4. The topological polar surface area (TPSA) is 77.4 Å². The van der Waals surface area contributed by atoms with E-state index in [-0.39, 0.29) is 64.2 Å². The van der Waals surface area contributed by atoms with Crippen LogP contribution < -0.4 is 51.4 Å². The zero-order chi connectivity index (χ0) is 19.7. The van der Waals surface area contributed by atoms with E-state index in [0.717, 1.165) is 38.5 Å². The largest absolute Gasteiger partial charge is 1.00 e. The van der Waals surface area contributed by atoms with Gasteiger partial charge in [-0.3, -0.25) is 0 Å². The number of aliphatic hydroxyl groups is 1. The molecule has 0 aliphatic carbocycles. The maximum atomic E-state index is 11.5. The molecule has 1 unspecified atom stereocenters. The van der Waals surface area contributed by atoms with E-state index in [2.05, 4.69) is 13.8 Å². The van der Waals surface area contributed by atoms with E-state index in [1.807, 2.05) is 0 Å². The Morgan fingerprint density at radius 1 is 0.630 bits per heavy atom. The van der Waals surface area contributed by atoms with Gasteiger partial charge in [0.25, 0.3) is 0 Å². The van der Waals surface area contributed by atoms with Gasteiger partial charge < -0.3 is 9.66 Å². The van der Waals surface area contributed by atoms with Gasteiger partial charge in [-0.2, -0.15) is 0 Å². The summed E-state index contributed by atoms with van der Waals surface area (Å²) in [6.45, 7) is 4.38. The molecule has 0 saturated carbocycles. The Hall–Kier alpha value is 1.51. The van der Waals surface area contributed by atoms with Gasteiger partial charge in [-0.1, -0.05) is 104 Å². The zero-order valence-electron chi connectivity index (χ0n) is 18.3. The summed E-state index contributed by atoms with van der Waals surface area (Å²) in [5.74, 6) is 0. The monoisotopic (exact) mass is 430 g/mol. The van der Waals surface area contributed by atoms with Crippen LogP contribution in [0.3, 0.4) is 0 Å². The summed E-state index contributed by atoms with van der Waals surface area (Å²) in [5.41, 5.74) is 0. The second-order valence-corrected chi connectivity index (χ2v) is 9.52. The number of rotatable bonds is 19. The SMILES string of the molecule is CCCCCCCCCCCC(O)(CCCCCCCCC)S(=O)(=O)[O-].[K+]. The third kappa shape index (κ3) is 16.9. The first-order valence-corrected chi connectivity index (χ1v) is 12.5. The normalized spacial score (nSPS) is 13.9. The van der Waals surface area contributed by atoms with E-state index in [4.69, 9.17) is 0 Å². The Kier molecular flexibility index (Phi) is 22.1. The molecular weight excluding hydrogens is 387 g/mol. The number of hydrogen-bond acceptors (Lipinski definition) is 4. The summed E-state index contributed by atoms with van der Waals surface area (Å²) in [4.78, 5) is -2.06. The maximum absolute atomic E-state index is 11.5. The van der Waals surface area contributed by atoms with E-state index in [0.29, 0.717) is 12.8 Å². The Balaban J connectivity index is 0. The molecule has 6 heteroatoms. The van der Waals surface area contributed by atoms with Gasteiger partial charge in [-0.05, 0) is 25.7 Å². The van der Waals surface area contributed by atoms with Gasteiger partial charge in [-0.25, -0.2) is 8.42 Å². The van der Waals surface area contributed by atoms with Gasteiger partial charge in [0, 0.05) is 0 Å². The first kappa shape index (κ1) is 30.7. The Labute approximate surface area is 211 Å². The van der Waals surface area contributed by atoms with Crippen LogP contribution in [0.15, 0.2) is 0 Å². The molecular formula is C21H43KO4S. The van der Waals surface area contributed by atoms with E-state index in [9.17, 15) is 18.1 Å². The molecule has 1 N–H and O–H groups in total. The van der Waals surface area contributed by atoms with Crippen LogP contribution in [0.25, 0.3) is 0 Å². The summed E-state index contributed by atoms with van der Waals surface area (Å²) < 4.78 is 34.6. The molecule has 0 spiro atoms. The zero-order valence-corrected chi connectivity index (χ0v) is 22.2. The van der Waals surface area contributed by atoms with Crippen LogP contribution in [0.1, 0.15) is 129 Å². The fraction of sp³-hybridized carbons (Fsp3) is 1.00. The Morgan fingerprint density at radius 2 is 0.889 bits per heavy atom. The van der Waals surface area contributed by atoms with Crippen molar-refractivity contribution in [1.29, 1.82) is 0 Å². The van der Waals surface area contributed by atoms with Gasteiger partial charge >= 0.3 is 51.4 Å². The molecule has 0 aromatic carbocycles. The van der Waals surface area contributed by atoms with Crippen molar-refractivity contribution in [3.63, 3.8) is 0 Å². The summed E-state index contributed by atoms with van der Waals surface area (Å²) in [6.07, 6.45) is 17.6. The van der Waals surface area contributed by atoms with E-state index in [1.54, 1.807) is 0 Å². The molecule has 0 fully saturated rings. The molecule has 4 nitrogen and oxygen atoms in total. The van der Waals surface area contributed by atoms with Crippen LogP contribution in [-0.4, -0.2) is 23.0 Å². The van der Waals surface area contributed by atoms with Crippen molar-refractivity contribution in [3.8, 4) is 0 Å². The molecule has 0 bridgehead atoms. The molecule has 0 radical (unpaired) electrons. The van der Waals surface area contributed by atoms with Crippen LogP contribution in [0.4, 0.5) is 0 Å². The molecule has 27 heavy (non-hydrogen) atoms. The van der Waals surface area contributed by atoms with Crippen LogP contribution in [-0.2, 0) is 10.1 Å². The molecule has 0 heterocycles. The van der Waals surface area contributed by atoms with Gasteiger partial charge in [0.2, 0.25) is 0 Å². The molecule has 1 atom stereocenters. The van der Waals surface area contributed by atoms with Crippen molar-refractivity contribution in [2.45, 2.75) is 134 Å². The molecule has 158 valence electrons. The minimum atomic E-state index is -4.67. The van der Waals surface area contributed by atoms with Crippen LogP contribution in [0, 0.1) is 0 Å². The summed E-state index contributed by atoms with van der Waals surface area (Å²) in [7, 11) is -4.67. The summed E-state index contributed by atoms with van der Waals surface area (Å²) in [6, 6.07) is 0. The Morgan fingerprint density at radius 3 is 1.15 bits per heavy atom. The molecule has 0 saturated heterocycles. The molecule has 0 aromatic heterocycles. The van der Waals surface area contributed by atoms with Crippen molar-refractivity contribution < 1.29 is 69.5 Å². The third-order valence-electron chi connectivity index (χ3n) is 5.31.